The molecule has 10 heteroatoms. The third-order valence-corrected chi connectivity index (χ3v) is 6.52. The number of hydrogen-bond acceptors (Lipinski definition) is 7. The fourth-order valence-corrected chi connectivity index (χ4v) is 4.67. The maximum Gasteiger partial charge on any atom is 0.433 e. The van der Waals surface area contributed by atoms with Gasteiger partial charge in [0.2, 0.25) is 0 Å². The first kappa shape index (κ1) is 26.3. The molecule has 0 amide bonds. The van der Waals surface area contributed by atoms with E-state index < -0.39 is 23.7 Å². The minimum atomic E-state index is -4.70. The summed E-state index contributed by atoms with van der Waals surface area (Å²) in [6.07, 6.45) is -4.04. The average Bonchev–Trinajstić information content (AvgIpc) is 3.32. The molecule has 2 saturated carbocycles. The summed E-state index contributed by atoms with van der Waals surface area (Å²) < 4.78 is 56.0. The van der Waals surface area contributed by atoms with Crippen LogP contribution in [0, 0.1) is 11.8 Å². The number of rotatable bonds is 10. The molecule has 3 atom stereocenters. The van der Waals surface area contributed by atoms with Crippen LogP contribution in [0.3, 0.4) is 0 Å². The minimum absolute atomic E-state index is 0.0144. The number of pyridine rings is 1. The van der Waals surface area contributed by atoms with Gasteiger partial charge in [0.15, 0.2) is 5.78 Å². The van der Waals surface area contributed by atoms with Gasteiger partial charge in [0.05, 0.1) is 43.8 Å². The first-order valence-electron chi connectivity index (χ1n) is 11.8. The van der Waals surface area contributed by atoms with Crippen molar-refractivity contribution < 1.29 is 42.4 Å². The SMILES string of the molecule is O=C1C(=C(O)c2ccc(C(F)(F)F)nc2COCCOCOCc2ccccc2)C(O)C2CCC1C2. The van der Waals surface area contributed by atoms with Crippen molar-refractivity contribution in [1.29, 1.82) is 0 Å². The predicted octanol–water partition coefficient (Wildman–Crippen LogP) is 4.44. The van der Waals surface area contributed by atoms with Gasteiger partial charge in [-0.3, -0.25) is 4.79 Å². The quantitative estimate of drug-likeness (QED) is 0.212. The Morgan fingerprint density at radius 3 is 2.50 bits per heavy atom. The Balaban J connectivity index is 1.39. The third kappa shape index (κ3) is 6.12. The van der Waals surface area contributed by atoms with E-state index >= 15 is 0 Å². The van der Waals surface area contributed by atoms with Gasteiger partial charge in [-0.05, 0) is 42.9 Å². The maximum atomic E-state index is 13.3. The summed E-state index contributed by atoms with van der Waals surface area (Å²) in [6.45, 7) is 0.188. The smallest absolute Gasteiger partial charge is 0.433 e. The fraction of sp³-hybridized carbons (Fsp3) is 0.462. The van der Waals surface area contributed by atoms with Gasteiger partial charge in [0.25, 0.3) is 0 Å². The van der Waals surface area contributed by atoms with Crippen molar-refractivity contribution in [2.75, 3.05) is 20.0 Å². The van der Waals surface area contributed by atoms with Crippen LogP contribution in [0.25, 0.3) is 5.76 Å². The van der Waals surface area contributed by atoms with Gasteiger partial charge in [0.1, 0.15) is 18.2 Å². The van der Waals surface area contributed by atoms with Gasteiger partial charge >= 0.3 is 6.18 Å². The lowest BCUT2D eigenvalue weighted by Crippen LogP contribution is -2.34. The van der Waals surface area contributed by atoms with E-state index in [1.54, 1.807) is 0 Å². The normalized spacial score (nSPS) is 23.2. The van der Waals surface area contributed by atoms with E-state index in [1.807, 2.05) is 30.3 Å². The van der Waals surface area contributed by atoms with Gasteiger partial charge in [-0.25, -0.2) is 4.98 Å². The van der Waals surface area contributed by atoms with Gasteiger partial charge in [-0.1, -0.05) is 30.3 Å². The van der Waals surface area contributed by atoms with Crippen molar-refractivity contribution >= 4 is 11.5 Å². The van der Waals surface area contributed by atoms with E-state index in [9.17, 15) is 28.2 Å². The molecule has 1 aromatic heterocycles. The van der Waals surface area contributed by atoms with Crippen LogP contribution in [-0.4, -0.2) is 47.1 Å². The number of aliphatic hydroxyl groups is 2. The van der Waals surface area contributed by atoms with Crippen LogP contribution in [0.4, 0.5) is 13.2 Å². The Morgan fingerprint density at radius 1 is 1.00 bits per heavy atom. The van der Waals surface area contributed by atoms with Crippen molar-refractivity contribution in [3.05, 3.63) is 70.6 Å². The number of carbonyl (C=O) groups is 1. The number of benzene rings is 1. The zero-order valence-electron chi connectivity index (χ0n) is 19.5. The highest BCUT2D eigenvalue weighted by molar-refractivity contribution is 6.05. The van der Waals surface area contributed by atoms with Crippen LogP contribution in [-0.2, 0) is 38.4 Å². The summed E-state index contributed by atoms with van der Waals surface area (Å²) in [4.78, 5) is 16.4. The van der Waals surface area contributed by atoms with E-state index in [0.29, 0.717) is 25.9 Å². The first-order chi connectivity index (χ1) is 17.3. The molecule has 2 bridgehead atoms. The molecule has 0 saturated heterocycles. The van der Waals surface area contributed by atoms with Crippen molar-refractivity contribution in [3.8, 4) is 0 Å². The molecule has 1 heterocycles. The minimum Gasteiger partial charge on any atom is -0.507 e. The molecule has 2 fully saturated rings. The molecule has 0 aliphatic heterocycles. The molecule has 2 aliphatic carbocycles. The number of aliphatic hydroxyl groups excluding tert-OH is 2. The van der Waals surface area contributed by atoms with Crippen LogP contribution in [0.1, 0.15) is 41.8 Å². The summed E-state index contributed by atoms with van der Waals surface area (Å²) in [5.41, 5.74) is -0.574. The molecule has 4 rings (SSSR count). The van der Waals surface area contributed by atoms with Crippen LogP contribution in [0.5, 0.6) is 0 Å². The van der Waals surface area contributed by atoms with Gasteiger partial charge in [-0.2, -0.15) is 13.2 Å². The largest absolute Gasteiger partial charge is 0.507 e. The third-order valence-electron chi connectivity index (χ3n) is 6.52. The molecular weight excluding hydrogens is 479 g/mol. The molecular formula is C26H28F3NO6. The van der Waals surface area contributed by atoms with E-state index in [-0.39, 0.29) is 61.1 Å². The van der Waals surface area contributed by atoms with E-state index in [4.69, 9.17) is 14.2 Å². The molecule has 194 valence electrons. The lowest BCUT2D eigenvalue weighted by molar-refractivity contribution is -0.141. The Labute approximate surface area is 206 Å². The highest BCUT2D eigenvalue weighted by Gasteiger charge is 2.45. The van der Waals surface area contributed by atoms with Crippen LogP contribution in [0.15, 0.2) is 48.0 Å². The maximum absolute atomic E-state index is 13.3. The number of alkyl halides is 3. The molecule has 2 N–H and O–H groups in total. The summed E-state index contributed by atoms with van der Waals surface area (Å²) in [5, 5.41) is 21.5. The number of Topliss-reactive ketones (excluding diaryl/α,β-unsaturated/α-hetero) is 1. The summed E-state index contributed by atoms with van der Waals surface area (Å²) >= 11 is 0. The summed E-state index contributed by atoms with van der Waals surface area (Å²) in [7, 11) is 0. The standard InChI is InChI=1S/C26H28F3NO6/c27-26(28,29)21-9-8-19(25(33)22-23(31)17-6-7-18(12-17)24(22)32)20(30-21)14-34-10-11-35-15-36-13-16-4-2-1-3-5-16/h1-5,8-9,17-18,23,31,33H,6-7,10-15H2. The Kier molecular flexibility index (Phi) is 8.40. The molecule has 2 aliphatic rings. The van der Waals surface area contributed by atoms with Crippen molar-refractivity contribution in [1.82, 2.24) is 4.98 Å². The molecule has 7 nitrogen and oxygen atoms in total. The number of nitrogens with zero attached hydrogens (tertiary/aromatic N) is 1. The highest BCUT2D eigenvalue weighted by Crippen LogP contribution is 2.44. The highest BCUT2D eigenvalue weighted by atomic mass is 19.4. The van der Waals surface area contributed by atoms with Crippen LogP contribution < -0.4 is 0 Å². The van der Waals surface area contributed by atoms with Gasteiger partial charge in [0, 0.05) is 11.5 Å². The lowest BCUT2D eigenvalue weighted by Gasteiger charge is -2.27. The topological polar surface area (TPSA) is 98.1 Å². The number of fused-ring (bicyclic) bond motifs is 2. The number of carbonyl (C=O) groups excluding carboxylic acids is 1. The molecule has 0 spiro atoms. The fourth-order valence-electron chi connectivity index (χ4n) is 4.67. The van der Waals surface area contributed by atoms with Crippen molar-refractivity contribution in [2.24, 2.45) is 11.8 Å². The molecule has 36 heavy (non-hydrogen) atoms. The second-order valence-electron chi connectivity index (χ2n) is 8.94. The molecule has 3 unspecified atom stereocenters. The summed E-state index contributed by atoms with van der Waals surface area (Å²) in [6, 6.07) is 11.3. The zero-order chi connectivity index (χ0) is 25.7. The van der Waals surface area contributed by atoms with E-state index in [1.165, 1.54) is 0 Å². The van der Waals surface area contributed by atoms with Crippen LogP contribution >= 0.6 is 0 Å². The number of hydrogen-bond donors (Lipinski definition) is 2. The Morgan fingerprint density at radius 2 is 1.75 bits per heavy atom. The van der Waals surface area contributed by atoms with Gasteiger partial charge in [-0.15, -0.1) is 0 Å². The zero-order valence-corrected chi connectivity index (χ0v) is 19.5. The number of aromatic nitrogens is 1. The first-order valence-corrected chi connectivity index (χ1v) is 11.8. The summed E-state index contributed by atoms with van der Waals surface area (Å²) in [5.74, 6) is -1.37. The van der Waals surface area contributed by atoms with E-state index in [2.05, 4.69) is 4.98 Å². The molecule has 1 aromatic carbocycles. The van der Waals surface area contributed by atoms with E-state index in [0.717, 1.165) is 17.7 Å². The van der Waals surface area contributed by atoms with Crippen molar-refractivity contribution in [3.63, 3.8) is 0 Å². The second-order valence-corrected chi connectivity index (χ2v) is 8.94. The molecule has 0 radical (unpaired) electrons. The van der Waals surface area contributed by atoms with Crippen molar-refractivity contribution in [2.45, 2.75) is 44.8 Å². The second kappa shape index (κ2) is 11.5. The Bertz CT molecular complexity index is 1090. The van der Waals surface area contributed by atoms with Gasteiger partial charge < -0.3 is 24.4 Å². The Hall–Kier alpha value is -2.79. The number of ketones is 1. The monoisotopic (exact) mass is 507 g/mol. The van der Waals surface area contributed by atoms with Crippen LogP contribution in [0.2, 0.25) is 0 Å². The predicted molar refractivity (Wildman–Crippen MR) is 122 cm³/mol. The number of ether oxygens (including phenoxy) is 3. The molecule has 2 aromatic rings. The number of halogens is 3. The lowest BCUT2D eigenvalue weighted by atomic mass is 9.80. The average molecular weight is 508 g/mol.